The van der Waals surface area contributed by atoms with Crippen LogP contribution < -0.4 is 4.90 Å². The van der Waals surface area contributed by atoms with Gasteiger partial charge in [-0.05, 0) is 67.1 Å². The third kappa shape index (κ3) is 3.79. The van der Waals surface area contributed by atoms with E-state index in [0.717, 1.165) is 17.5 Å². The highest BCUT2D eigenvalue weighted by molar-refractivity contribution is 5.94. The van der Waals surface area contributed by atoms with Crippen molar-refractivity contribution >= 4 is 28.2 Å². The summed E-state index contributed by atoms with van der Waals surface area (Å²) in [7, 11) is 0. The molecule has 5 rings (SSSR count). The second-order valence-corrected chi connectivity index (χ2v) is 9.20. The van der Waals surface area contributed by atoms with Crippen LogP contribution in [0.1, 0.15) is 37.8 Å². The van der Waals surface area contributed by atoms with E-state index >= 15 is 0 Å². The maximum Gasteiger partial charge on any atom is 0.257 e. The lowest BCUT2D eigenvalue weighted by Gasteiger charge is -2.33. The number of benzene rings is 2. The van der Waals surface area contributed by atoms with E-state index in [1.807, 2.05) is 4.90 Å². The van der Waals surface area contributed by atoms with Gasteiger partial charge in [0.05, 0.1) is 5.52 Å². The molecule has 2 aromatic carbocycles. The molecule has 0 spiro atoms. The number of halogens is 4. The van der Waals surface area contributed by atoms with Gasteiger partial charge in [-0.2, -0.15) is 4.98 Å². The molecule has 0 saturated heterocycles. The smallest absolute Gasteiger partial charge is 0.257 e. The Morgan fingerprint density at radius 2 is 1.91 bits per heavy atom. The molecule has 33 heavy (non-hydrogen) atoms. The van der Waals surface area contributed by atoms with Crippen LogP contribution in [0.2, 0.25) is 0 Å². The van der Waals surface area contributed by atoms with Gasteiger partial charge in [-0.15, -0.1) is 10.2 Å². The van der Waals surface area contributed by atoms with Gasteiger partial charge in [0.1, 0.15) is 23.8 Å². The molecule has 3 heterocycles. The van der Waals surface area contributed by atoms with Crippen molar-refractivity contribution < 1.29 is 17.6 Å². The van der Waals surface area contributed by atoms with E-state index in [1.54, 1.807) is 10.5 Å². The van der Waals surface area contributed by atoms with Crippen LogP contribution in [0.4, 0.5) is 29.1 Å². The predicted molar refractivity (Wildman–Crippen MR) is 118 cm³/mol. The first-order chi connectivity index (χ1) is 15.7. The average Bonchev–Trinajstić information content (AvgIpc) is 3.25. The number of fused-ring (bicyclic) bond motifs is 4. The number of aryl methyl sites for hydroxylation is 1. The molecule has 0 atom stereocenters. The first-order valence-corrected chi connectivity index (χ1v) is 10.9. The largest absolute Gasteiger partial charge is 0.325 e. The Hall–Kier alpha value is -3.23. The van der Waals surface area contributed by atoms with Gasteiger partial charge in [0.15, 0.2) is 0 Å². The highest BCUT2D eigenvalue weighted by atomic mass is 19.3. The summed E-state index contributed by atoms with van der Waals surface area (Å²) in [6.07, 6.45) is 1.10. The third-order valence-corrected chi connectivity index (χ3v) is 6.46. The molecule has 1 aliphatic rings. The van der Waals surface area contributed by atoms with Gasteiger partial charge in [0.25, 0.3) is 5.78 Å². The zero-order valence-corrected chi connectivity index (χ0v) is 18.3. The fourth-order valence-electron chi connectivity index (χ4n) is 4.48. The molecule has 0 saturated carbocycles. The maximum atomic E-state index is 14.7. The Morgan fingerprint density at radius 1 is 1.09 bits per heavy atom. The molecule has 5 nitrogen and oxygen atoms in total. The lowest BCUT2D eigenvalue weighted by molar-refractivity contribution is 0.0143. The van der Waals surface area contributed by atoms with E-state index < -0.39 is 23.5 Å². The Kier molecular flexibility index (Phi) is 5.22. The molecule has 0 fully saturated rings. The van der Waals surface area contributed by atoms with Gasteiger partial charge in [-0.3, -0.25) is 4.40 Å². The van der Waals surface area contributed by atoms with Crippen LogP contribution in [0.25, 0.3) is 16.7 Å². The average molecular weight is 457 g/mol. The lowest BCUT2D eigenvalue weighted by Crippen LogP contribution is -2.27. The number of hydrogen-bond acceptors (Lipinski definition) is 4. The van der Waals surface area contributed by atoms with Crippen molar-refractivity contribution in [2.75, 3.05) is 11.4 Å². The molecule has 0 N–H and O–H groups in total. The fraction of sp³-hybridized carbons (Fsp3) is 0.375. The minimum absolute atomic E-state index is 0.235. The summed E-state index contributed by atoms with van der Waals surface area (Å²) in [6.45, 7) is 3.60. The highest BCUT2D eigenvalue weighted by Crippen LogP contribution is 2.40. The van der Waals surface area contributed by atoms with Crippen molar-refractivity contribution in [3.8, 4) is 0 Å². The van der Waals surface area contributed by atoms with E-state index in [0.29, 0.717) is 47.6 Å². The summed E-state index contributed by atoms with van der Waals surface area (Å²) in [6, 6.07) is 7.28. The van der Waals surface area contributed by atoms with Gasteiger partial charge in [-0.1, -0.05) is 13.8 Å². The molecular formula is C24H23F4N5. The summed E-state index contributed by atoms with van der Waals surface area (Å²) < 4.78 is 57.3. The van der Waals surface area contributed by atoms with E-state index in [-0.39, 0.29) is 6.42 Å². The zero-order valence-electron chi connectivity index (χ0n) is 18.3. The lowest BCUT2D eigenvalue weighted by atomic mass is 9.84. The number of anilines is 2. The van der Waals surface area contributed by atoms with Crippen LogP contribution in [0, 0.1) is 17.0 Å². The molecule has 1 aliphatic heterocycles. The van der Waals surface area contributed by atoms with Gasteiger partial charge in [0, 0.05) is 23.0 Å². The summed E-state index contributed by atoms with van der Waals surface area (Å²) in [5, 5.41) is 8.51. The Labute approximate surface area is 188 Å². The minimum atomic E-state index is -2.46. The number of nitrogens with zero attached hydrogens (tertiary/aromatic N) is 5. The van der Waals surface area contributed by atoms with Crippen molar-refractivity contribution in [1.29, 1.82) is 0 Å². The molecule has 0 amide bonds. The highest BCUT2D eigenvalue weighted by Gasteiger charge is 2.31. The van der Waals surface area contributed by atoms with Gasteiger partial charge in [0.2, 0.25) is 6.43 Å². The van der Waals surface area contributed by atoms with Crippen LogP contribution in [0.15, 0.2) is 36.7 Å². The minimum Gasteiger partial charge on any atom is -0.325 e. The first kappa shape index (κ1) is 21.6. The fourth-order valence-corrected chi connectivity index (χ4v) is 4.48. The van der Waals surface area contributed by atoms with Crippen molar-refractivity contribution in [1.82, 2.24) is 19.6 Å². The topological polar surface area (TPSA) is 46.3 Å². The Morgan fingerprint density at radius 3 is 2.70 bits per heavy atom. The molecule has 2 aromatic heterocycles. The number of alkyl halides is 2. The molecular weight excluding hydrogens is 434 g/mol. The molecule has 0 radical (unpaired) electrons. The molecule has 0 bridgehead atoms. The summed E-state index contributed by atoms with van der Waals surface area (Å²) in [5.41, 5.74) is 1.79. The second kappa shape index (κ2) is 7.97. The van der Waals surface area contributed by atoms with Crippen molar-refractivity contribution in [2.24, 2.45) is 5.41 Å². The number of aromatic nitrogens is 4. The summed E-state index contributed by atoms with van der Waals surface area (Å²) in [4.78, 5) is 6.50. The van der Waals surface area contributed by atoms with Crippen LogP contribution >= 0.6 is 0 Å². The van der Waals surface area contributed by atoms with Crippen LogP contribution in [-0.2, 0) is 12.8 Å². The van der Waals surface area contributed by atoms with Gasteiger partial charge < -0.3 is 4.90 Å². The normalized spacial score (nSPS) is 14.5. The van der Waals surface area contributed by atoms with Gasteiger partial charge >= 0.3 is 0 Å². The van der Waals surface area contributed by atoms with E-state index in [2.05, 4.69) is 15.2 Å². The molecule has 0 unspecified atom stereocenters. The first-order valence-electron chi connectivity index (χ1n) is 10.9. The van der Waals surface area contributed by atoms with Crippen molar-refractivity contribution in [2.45, 2.75) is 46.0 Å². The van der Waals surface area contributed by atoms with E-state index in [4.69, 9.17) is 0 Å². The molecule has 4 aromatic rings. The Bertz CT molecular complexity index is 1350. The van der Waals surface area contributed by atoms with E-state index in [9.17, 15) is 17.6 Å². The van der Waals surface area contributed by atoms with Gasteiger partial charge in [-0.25, -0.2) is 17.6 Å². The van der Waals surface area contributed by atoms with Crippen molar-refractivity contribution in [3.63, 3.8) is 0 Å². The third-order valence-electron chi connectivity index (χ3n) is 6.46. The predicted octanol–water partition coefficient (Wildman–Crippen LogP) is 5.86. The summed E-state index contributed by atoms with van der Waals surface area (Å²) >= 11 is 0. The van der Waals surface area contributed by atoms with Crippen LogP contribution in [-0.4, -0.2) is 32.6 Å². The van der Waals surface area contributed by atoms with Crippen molar-refractivity contribution in [3.05, 3.63) is 59.4 Å². The molecule has 9 heteroatoms. The summed E-state index contributed by atoms with van der Waals surface area (Å²) in [5.74, 6) is -0.0316. The monoisotopic (exact) mass is 457 g/mol. The Balaban J connectivity index is 1.64. The second-order valence-electron chi connectivity index (χ2n) is 9.20. The molecule has 0 aliphatic carbocycles. The quantitative estimate of drug-likeness (QED) is 0.352. The van der Waals surface area contributed by atoms with Crippen LogP contribution in [0.5, 0.6) is 0 Å². The SMILES string of the molecule is CC(C)(CCc1cc(F)cc2c1CCCN2c1nc2nncn2c2ccc(F)cc12)C(F)F. The van der Waals surface area contributed by atoms with E-state index in [1.165, 1.54) is 44.4 Å². The molecule has 172 valence electrons. The number of hydrogen-bond donors (Lipinski definition) is 0. The number of rotatable bonds is 5. The standard InChI is InChI=1S/C24H23F4N5/c1-24(2,22(27)28)8-7-14-10-16(26)12-20-17(14)4-3-9-32(20)21-18-11-15(25)5-6-19(18)33-13-29-31-23(33)30-21/h5-6,10-13,22H,3-4,7-9H2,1-2H3. The maximum absolute atomic E-state index is 14.7. The zero-order chi connectivity index (χ0) is 23.3. The van der Waals surface area contributed by atoms with Crippen LogP contribution in [0.3, 0.4) is 0 Å².